The molecule has 1 atom stereocenters. The van der Waals surface area contributed by atoms with Gasteiger partial charge in [-0.2, -0.15) is 13.2 Å². The number of amides is 1. The van der Waals surface area contributed by atoms with Gasteiger partial charge in [-0.25, -0.2) is 0 Å². The summed E-state index contributed by atoms with van der Waals surface area (Å²) in [6.45, 7) is -1.52. The highest BCUT2D eigenvalue weighted by molar-refractivity contribution is 6.21. The molecule has 1 heterocycles. The first kappa shape index (κ1) is 16.1. The molecule has 1 aliphatic heterocycles. The number of aryl methyl sites for hydroxylation is 1. The van der Waals surface area contributed by atoms with E-state index in [1.807, 2.05) is 6.07 Å². The minimum absolute atomic E-state index is 0.0474. The Morgan fingerprint density at radius 1 is 1.38 bits per heavy atom. The van der Waals surface area contributed by atoms with E-state index in [9.17, 15) is 18.0 Å². The smallest absolute Gasteiger partial charge is 0.370 e. The van der Waals surface area contributed by atoms with E-state index in [1.165, 1.54) is 0 Å². The van der Waals surface area contributed by atoms with Crippen LogP contribution >= 0.6 is 11.6 Å². The first-order chi connectivity index (χ1) is 9.78. The van der Waals surface area contributed by atoms with E-state index >= 15 is 0 Å². The van der Waals surface area contributed by atoms with Crippen LogP contribution in [-0.2, 0) is 16.0 Å². The summed E-state index contributed by atoms with van der Waals surface area (Å²) < 4.78 is 40.6. The van der Waals surface area contributed by atoms with Crippen LogP contribution in [0.5, 0.6) is 0 Å². The summed E-state index contributed by atoms with van der Waals surface area (Å²) in [5.74, 6) is 0.0474. The van der Waals surface area contributed by atoms with Gasteiger partial charge >= 0.3 is 6.18 Å². The van der Waals surface area contributed by atoms with Gasteiger partial charge in [-0.15, -0.1) is 11.6 Å². The van der Waals surface area contributed by atoms with Crippen molar-refractivity contribution in [3.05, 3.63) is 29.3 Å². The van der Waals surface area contributed by atoms with Gasteiger partial charge in [0.1, 0.15) is 6.61 Å². The quantitative estimate of drug-likeness (QED) is 0.795. The van der Waals surface area contributed by atoms with E-state index in [4.69, 9.17) is 11.6 Å². The monoisotopic (exact) mass is 321 g/mol. The number of anilines is 1. The largest absolute Gasteiger partial charge is 0.411 e. The Hall–Kier alpha value is -1.27. The molecule has 1 aliphatic rings. The van der Waals surface area contributed by atoms with E-state index in [2.05, 4.69) is 4.74 Å². The Balaban J connectivity index is 2.03. The van der Waals surface area contributed by atoms with Gasteiger partial charge in [-0.3, -0.25) is 4.79 Å². The molecule has 0 N–H and O–H groups in total. The maximum Gasteiger partial charge on any atom is 0.411 e. The van der Waals surface area contributed by atoms with Gasteiger partial charge in [0, 0.05) is 19.2 Å². The second kappa shape index (κ2) is 6.23. The van der Waals surface area contributed by atoms with Crippen LogP contribution in [0.1, 0.15) is 22.9 Å². The topological polar surface area (TPSA) is 29.5 Å². The first-order valence-electron chi connectivity index (χ1n) is 6.46. The van der Waals surface area contributed by atoms with Crippen molar-refractivity contribution in [1.29, 1.82) is 0 Å². The minimum Gasteiger partial charge on any atom is -0.370 e. The average molecular weight is 322 g/mol. The lowest BCUT2D eigenvalue weighted by Gasteiger charge is -2.26. The van der Waals surface area contributed by atoms with Crippen LogP contribution in [0.3, 0.4) is 0 Å². The molecule has 0 aromatic heterocycles. The third-order valence-electron chi connectivity index (χ3n) is 3.34. The Labute approximate surface area is 125 Å². The molecule has 0 fully saturated rings. The zero-order chi connectivity index (χ0) is 15.6. The zero-order valence-corrected chi connectivity index (χ0v) is 12.2. The molecule has 0 spiro atoms. The molecule has 1 aromatic rings. The summed E-state index contributed by atoms with van der Waals surface area (Å²) in [6, 6.07) is 5.30. The van der Waals surface area contributed by atoms with Crippen LogP contribution in [0.4, 0.5) is 18.9 Å². The van der Waals surface area contributed by atoms with Crippen LogP contribution < -0.4 is 4.90 Å². The maximum atomic E-state index is 12.0. The summed E-state index contributed by atoms with van der Waals surface area (Å²) in [5, 5.41) is -0.652. The normalized spacial score (nSPS) is 16.8. The molecule has 1 unspecified atom stereocenters. The molecule has 7 heteroatoms. The molecule has 0 bridgehead atoms. The zero-order valence-electron chi connectivity index (χ0n) is 11.4. The molecule has 0 radical (unpaired) electrons. The molecule has 3 nitrogen and oxygen atoms in total. The van der Waals surface area contributed by atoms with Crippen molar-refractivity contribution >= 4 is 23.2 Å². The number of carbonyl (C=O) groups is 1. The first-order valence-corrected chi connectivity index (χ1v) is 6.89. The van der Waals surface area contributed by atoms with Gasteiger partial charge < -0.3 is 9.64 Å². The van der Waals surface area contributed by atoms with Crippen molar-refractivity contribution in [3.63, 3.8) is 0 Å². The number of hydrogen-bond acceptors (Lipinski definition) is 2. The molecule has 0 aliphatic carbocycles. The molecule has 1 amide bonds. The third-order valence-corrected chi connectivity index (χ3v) is 3.72. The molecule has 0 saturated heterocycles. The SMILES string of the molecule is CN1C(=O)CCc2cc(C(Cl)COCC(F)(F)F)ccc21. The van der Waals surface area contributed by atoms with E-state index in [0.29, 0.717) is 18.4 Å². The summed E-state index contributed by atoms with van der Waals surface area (Å²) in [6.07, 6.45) is -3.32. The van der Waals surface area contributed by atoms with Crippen LogP contribution in [0.25, 0.3) is 0 Å². The fraction of sp³-hybridized carbons (Fsp3) is 0.500. The lowest BCUT2D eigenvalue weighted by Crippen LogP contribution is -2.31. The van der Waals surface area contributed by atoms with E-state index < -0.39 is 18.2 Å². The number of alkyl halides is 4. The standard InChI is InChI=1S/C14H15ClF3NO2/c1-19-12-4-2-9(6-10(12)3-5-13(19)20)11(15)7-21-8-14(16,17)18/h2,4,6,11H,3,5,7-8H2,1H3. The third kappa shape index (κ3) is 4.11. The van der Waals surface area contributed by atoms with Gasteiger partial charge in [0.05, 0.1) is 12.0 Å². The number of hydrogen-bond donors (Lipinski definition) is 0. The lowest BCUT2D eigenvalue weighted by molar-refractivity contribution is -0.173. The summed E-state index contributed by atoms with van der Waals surface area (Å²) in [5.41, 5.74) is 2.48. The van der Waals surface area contributed by atoms with E-state index in [-0.39, 0.29) is 12.5 Å². The number of benzene rings is 1. The number of carbonyl (C=O) groups excluding carboxylic acids is 1. The van der Waals surface area contributed by atoms with Crippen molar-refractivity contribution < 1.29 is 22.7 Å². The second-order valence-electron chi connectivity index (χ2n) is 4.94. The van der Waals surface area contributed by atoms with Crippen LogP contribution in [0.15, 0.2) is 18.2 Å². The van der Waals surface area contributed by atoms with Gasteiger partial charge in [-0.05, 0) is 23.6 Å². The lowest BCUT2D eigenvalue weighted by atomic mass is 9.98. The fourth-order valence-corrected chi connectivity index (χ4v) is 2.47. The van der Waals surface area contributed by atoms with Gasteiger partial charge in [0.25, 0.3) is 0 Å². The Kier molecular flexibility index (Phi) is 4.78. The minimum atomic E-state index is -4.35. The van der Waals surface area contributed by atoms with Crippen molar-refractivity contribution in [2.24, 2.45) is 0 Å². The Morgan fingerprint density at radius 3 is 2.76 bits per heavy atom. The summed E-state index contributed by atoms with van der Waals surface area (Å²) in [4.78, 5) is 13.2. The van der Waals surface area contributed by atoms with Crippen molar-refractivity contribution in [2.75, 3.05) is 25.2 Å². The van der Waals surface area contributed by atoms with Crippen molar-refractivity contribution in [2.45, 2.75) is 24.4 Å². The highest BCUT2D eigenvalue weighted by Crippen LogP contribution is 2.31. The molecule has 116 valence electrons. The Bertz CT molecular complexity index is 533. The van der Waals surface area contributed by atoms with E-state index in [1.54, 1.807) is 24.1 Å². The van der Waals surface area contributed by atoms with Gasteiger partial charge in [0.2, 0.25) is 5.91 Å². The predicted molar refractivity (Wildman–Crippen MR) is 73.6 cm³/mol. The molecule has 21 heavy (non-hydrogen) atoms. The number of fused-ring (bicyclic) bond motifs is 1. The number of rotatable bonds is 4. The molecule has 1 aromatic carbocycles. The summed E-state index contributed by atoms with van der Waals surface area (Å²) in [7, 11) is 1.70. The Morgan fingerprint density at radius 2 is 2.10 bits per heavy atom. The molecule has 2 rings (SSSR count). The highest BCUT2D eigenvalue weighted by Gasteiger charge is 2.28. The predicted octanol–water partition coefficient (Wildman–Crippen LogP) is 3.45. The molecular weight excluding hydrogens is 307 g/mol. The molecule has 0 saturated carbocycles. The van der Waals surface area contributed by atoms with Crippen molar-refractivity contribution in [1.82, 2.24) is 0 Å². The second-order valence-corrected chi connectivity index (χ2v) is 5.47. The number of halogens is 4. The van der Waals surface area contributed by atoms with Crippen LogP contribution in [0, 0.1) is 0 Å². The fourth-order valence-electron chi connectivity index (χ4n) is 2.25. The van der Waals surface area contributed by atoms with Gasteiger partial charge in [-0.1, -0.05) is 12.1 Å². The van der Waals surface area contributed by atoms with Crippen molar-refractivity contribution in [3.8, 4) is 0 Å². The van der Waals surface area contributed by atoms with Crippen LogP contribution in [0.2, 0.25) is 0 Å². The number of ether oxygens (including phenoxy) is 1. The van der Waals surface area contributed by atoms with Gasteiger partial charge in [0.15, 0.2) is 0 Å². The number of nitrogens with zero attached hydrogens (tertiary/aromatic N) is 1. The van der Waals surface area contributed by atoms with Crippen LogP contribution in [-0.4, -0.2) is 32.3 Å². The van der Waals surface area contributed by atoms with E-state index in [0.717, 1.165) is 11.3 Å². The average Bonchev–Trinajstić information content (AvgIpc) is 2.41. The maximum absolute atomic E-state index is 12.0. The summed E-state index contributed by atoms with van der Waals surface area (Å²) >= 11 is 6.07. The molecular formula is C14H15ClF3NO2. The highest BCUT2D eigenvalue weighted by atomic mass is 35.5.